The molecule has 0 bridgehead atoms. The van der Waals surface area contributed by atoms with E-state index >= 15 is 0 Å². The lowest BCUT2D eigenvalue weighted by atomic mass is 10.2. The normalized spacial score (nSPS) is 25.7. The second-order valence-corrected chi connectivity index (χ2v) is 5.58. The third-order valence-electron chi connectivity index (χ3n) is 3.03. The van der Waals surface area contributed by atoms with E-state index in [2.05, 4.69) is 12.1 Å². The minimum absolute atomic E-state index is 0.368. The summed E-state index contributed by atoms with van der Waals surface area (Å²) >= 11 is 1.90. The Labute approximate surface area is 95.4 Å². The number of nitrogens with two attached hydrogens (primary N) is 2. The molecule has 82 valence electrons. The molecule has 1 fully saturated rings. The van der Waals surface area contributed by atoms with Crippen LogP contribution in [0.4, 0.5) is 5.69 Å². The van der Waals surface area contributed by atoms with Crippen molar-refractivity contribution < 1.29 is 0 Å². The van der Waals surface area contributed by atoms with E-state index < -0.39 is 0 Å². The summed E-state index contributed by atoms with van der Waals surface area (Å²) in [6, 6.07) is 6.61. The molecule has 0 heterocycles. The molecule has 2 rings (SSSR count). The van der Waals surface area contributed by atoms with Crippen LogP contribution in [0.5, 0.6) is 0 Å². The van der Waals surface area contributed by atoms with E-state index in [0.29, 0.717) is 11.3 Å². The van der Waals surface area contributed by atoms with E-state index in [1.807, 2.05) is 24.8 Å². The number of aryl methyl sites for hydroxylation is 1. The van der Waals surface area contributed by atoms with Gasteiger partial charge in [0.25, 0.3) is 0 Å². The van der Waals surface area contributed by atoms with Crippen LogP contribution in [0.1, 0.15) is 24.8 Å². The molecule has 0 radical (unpaired) electrons. The molecule has 2 nitrogen and oxygen atoms in total. The highest BCUT2D eigenvalue weighted by molar-refractivity contribution is 8.00. The highest BCUT2D eigenvalue weighted by Crippen LogP contribution is 2.34. The van der Waals surface area contributed by atoms with Gasteiger partial charge in [-0.3, -0.25) is 0 Å². The quantitative estimate of drug-likeness (QED) is 0.756. The Balaban J connectivity index is 2.07. The minimum Gasteiger partial charge on any atom is -0.399 e. The van der Waals surface area contributed by atoms with Crippen LogP contribution in [-0.2, 0) is 0 Å². The lowest BCUT2D eigenvalue weighted by Gasteiger charge is -2.15. The van der Waals surface area contributed by atoms with E-state index in [0.717, 1.165) is 11.3 Å². The molecule has 1 aliphatic carbocycles. The molecular weight excluding hydrogens is 204 g/mol. The van der Waals surface area contributed by atoms with Crippen molar-refractivity contribution in [2.24, 2.45) is 5.73 Å². The monoisotopic (exact) mass is 222 g/mol. The molecule has 0 amide bonds. The fraction of sp³-hybridized carbons (Fsp3) is 0.500. The molecule has 4 N–H and O–H groups in total. The lowest BCUT2D eigenvalue weighted by molar-refractivity contribution is 0.716. The topological polar surface area (TPSA) is 52.0 Å². The standard InChI is InChI=1S/C12H18N2S/c1-8-7-9(5-6-10(8)13)15-12-4-2-3-11(12)14/h5-7,11-12H,2-4,13-14H2,1H3. The zero-order chi connectivity index (χ0) is 10.8. The van der Waals surface area contributed by atoms with Gasteiger partial charge in [-0.1, -0.05) is 6.42 Å². The van der Waals surface area contributed by atoms with Crippen molar-refractivity contribution in [3.05, 3.63) is 23.8 Å². The summed E-state index contributed by atoms with van der Waals surface area (Å²) in [5.41, 5.74) is 13.9. The molecule has 1 aromatic carbocycles. The Hall–Kier alpha value is -0.670. The summed E-state index contributed by atoms with van der Waals surface area (Å²) in [4.78, 5) is 1.30. The second kappa shape index (κ2) is 4.45. The molecule has 2 atom stereocenters. The predicted molar refractivity (Wildman–Crippen MR) is 67.1 cm³/mol. The van der Waals surface area contributed by atoms with Crippen LogP contribution in [0.15, 0.2) is 23.1 Å². The summed E-state index contributed by atoms with van der Waals surface area (Å²) < 4.78 is 0. The maximum Gasteiger partial charge on any atom is 0.0344 e. The molecule has 1 aromatic rings. The summed E-state index contributed by atoms with van der Waals surface area (Å²) in [6.45, 7) is 2.05. The number of benzene rings is 1. The second-order valence-electron chi connectivity index (χ2n) is 4.27. The van der Waals surface area contributed by atoms with Crippen molar-refractivity contribution in [1.29, 1.82) is 0 Å². The van der Waals surface area contributed by atoms with Gasteiger partial charge in [0.1, 0.15) is 0 Å². The Morgan fingerprint density at radius 2 is 2.13 bits per heavy atom. The fourth-order valence-electron chi connectivity index (χ4n) is 2.00. The predicted octanol–water partition coefficient (Wildman–Crippen LogP) is 2.55. The van der Waals surface area contributed by atoms with Gasteiger partial charge < -0.3 is 11.5 Å². The molecule has 0 saturated heterocycles. The summed E-state index contributed by atoms with van der Waals surface area (Å²) in [5.74, 6) is 0. The van der Waals surface area contributed by atoms with Gasteiger partial charge in [0.05, 0.1) is 0 Å². The van der Waals surface area contributed by atoms with E-state index in [4.69, 9.17) is 11.5 Å². The average molecular weight is 222 g/mol. The molecule has 0 aliphatic heterocycles. The molecule has 0 spiro atoms. The molecule has 1 aliphatic rings. The largest absolute Gasteiger partial charge is 0.399 e. The van der Waals surface area contributed by atoms with Crippen LogP contribution in [0.2, 0.25) is 0 Å². The Bertz CT molecular complexity index is 351. The number of anilines is 1. The Morgan fingerprint density at radius 1 is 1.33 bits per heavy atom. The van der Waals surface area contributed by atoms with Gasteiger partial charge >= 0.3 is 0 Å². The Kier molecular flexibility index (Phi) is 3.22. The maximum atomic E-state index is 6.05. The number of rotatable bonds is 2. The van der Waals surface area contributed by atoms with Gasteiger partial charge in [0, 0.05) is 21.9 Å². The molecule has 0 aromatic heterocycles. The molecular formula is C12H18N2S. The van der Waals surface area contributed by atoms with Gasteiger partial charge in [-0.05, 0) is 43.5 Å². The lowest BCUT2D eigenvalue weighted by Crippen LogP contribution is -2.26. The van der Waals surface area contributed by atoms with Crippen LogP contribution >= 0.6 is 11.8 Å². The zero-order valence-corrected chi connectivity index (χ0v) is 9.89. The smallest absolute Gasteiger partial charge is 0.0344 e. The molecule has 1 saturated carbocycles. The van der Waals surface area contributed by atoms with Gasteiger partial charge in [-0.2, -0.15) is 0 Å². The highest BCUT2D eigenvalue weighted by atomic mass is 32.2. The van der Waals surface area contributed by atoms with Crippen LogP contribution in [0.25, 0.3) is 0 Å². The first-order chi connectivity index (χ1) is 7.16. The summed E-state index contributed by atoms with van der Waals surface area (Å²) in [6.07, 6.45) is 3.69. The summed E-state index contributed by atoms with van der Waals surface area (Å²) in [5, 5.41) is 0.591. The molecule has 2 unspecified atom stereocenters. The van der Waals surface area contributed by atoms with Crippen molar-refractivity contribution in [1.82, 2.24) is 0 Å². The van der Waals surface area contributed by atoms with Crippen molar-refractivity contribution in [2.45, 2.75) is 42.4 Å². The van der Waals surface area contributed by atoms with Crippen LogP contribution in [-0.4, -0.2) is 11.3 Å². The van der Waals surface area contributed by atoms with Crippen molar-refractivity contribution in [3.63, 3.8) is 0 Å². The van der Waals surface area contributed by atoms with Crippen LogP contribution in [0.3, 0.4) is 0 Å². The SMILES string of the molecule is Cc1cc(SC2CCCC2N)ccc1N. The Morgan fingerprint density at radius 3 is 2.73 bits per heavy atom. The van der Waals surface area contributed by atoms with E-state index in [1.165, 1.54) is 24.2 Å². The van der Waals surface area contributed by atoms with Gasteiger partial charge in [-0.15, -0.1) is 11.8 Å². The van der Waals surface area contributed by atoms with E-state index in [9.17, 15) is 0 Å². The third-order valence-corrected chi connectivity index (χ3v) is 4.45. The van der Waals surface area contributed by atoms with Crippen LogP contribution < -0.4 is 11.5 Å². The first-order valence-electron chi connectivity index (χ1n) is 5.45. The van der Waals surface area contributed by atoms with Crippen molar-refractivity contribution in [2.75, 3.05) is 5.73 Å². The maximum absolute atomic E-state index is 6.05. The average Bonchev–Trinajstić information content (AvgIpc) is 2.59. The first kappa shape index (κ1) is 10.8. The molecule has 15 heavy (non-hydrogen) atoms. The van der Waals surface area contributed by atoms with Crippen LogP contribution in [0, 0.1) is 6.92 Å². The summed E-state index contributed by atoms with van der Waals surface area (Å²) in [7, 11) is 0. The highest BCUT2D eigenvalue weighted by Gasteiger charge is 2.24. The van der Waals surface area contributed by atoms with Gasteiger partial charge in [0.2, 0.25) is 0 Å². The first-order valence-corrected chi connectivity index (χ1v) is 6.33. The van der Waals surface area contributed by atoms with Crippen molar-refractivity contribution >= 4 is 17.4 Å². The third kappa shape index (κ3) is 2.47. The minimum atomic E-state index is 0.368. The zero-order valence-electron chi connectivity index (χ0n) is 9.07. The fourth-order valence-corrected chi connectivity index (χ4v) is 3.33. The van der Waals surface area contributed by atoms with Crippen molar-refractivity contribution in [3.8, 4) is 0 Å². The number of nitrogen functional groups attached to an aromatic ring is 1. The van der Waals surface area contributed by atoms with E-state index in [1.54, 1.807) is 0 Å². The molecule has 3 heteroatoms. The van der Waals surface area contributed by atoms with Gasteiger partial charge in [-0.25, -0.2) is 0 Å². The number of hydrogen-bond donors (Lipinski definition) is 2. The number of hydrogen-bond acceptors (Lipinski definition) is 3. The van der Waals surface area contributed by atoms with Gasteiger partial charge in [0.15, 0.2) is 0 Å². The number of thioether (sulfide) groups is 1. The van der Waals surface area contributed by atoms with E-state index in [-0.39, 0.29) is 0 Å².